The van der Waals surface area contributed by atoms with Gasteiger partial charge >= 0.3 is 0 Å². The minimum absolute atomic E-state index is 0.0399. The van der Waals surface area contributed by atoms with Gasteiger partial charge in [0.15, 0.2) is 0 Å². The van der Waals surface area contributed by atoms with E-state index < -0.39 is 0 Å². The predicted octanol–water partition coefficient (Wildman–Crippen LogP) is 0.321. The van der Waals surface area contributed by atoms with Crippen LogP contribution in [0.3, 0.4) is 0 Å². The van der Waals surface area contributed by atoms with Crippen LogP contribution in [0.5, 0.6) is 5.75 Å². The number of benzene rings is 1. The molecule has 2 heterocycles. The van der Waals surface area contributed by atoms with Gasteiger partial charge in [-0.05, 0) is 12.1 Å². The number of nitrogens with zero attached hydrogens (tertiary/aromatic N) is 2. The molecule has 17 heavy (non-hydrogen) atoms. The Bertz CT molecular complexity index is 617. The molecule has 0 amide bonds. The number of nitrogens with one attached hydrogen (secondary N) is 1. The monoisotopic (exact) mass is 231 g/mol. The predicted molar refractivity (Wildman–Crippen MR) is 64.0 cm³/mol. The molecule has 5 heteroatoms. The zero-order chi connectivity index (χ0) is 11.8. The summed E-state index contributed by atoms with van der Waals surface area (Å²) in [5, 5.41) is 13.1. The molecule has 0 atom stereocenters. The Morgan fingerprint density at radius 2 is 2.29 bits per heavy atom. The van der Waals surface area contributed by atoms with Gasteiger partial charge in [-0.3, -0.25) is 9.36 Å². The third-order valence-electron chi connectivity index (χ3n) is 3.13. The number of phenols is 1. The highest BCUT2D eigenvalue weighted by atomic mass is 16.3. The number of aromatic nitrogens is 2. The molecule has 0 spiro atoms. The maximum atomic E-state index is 12.1. The molecule has 0 radical (unpaired) electrons. The fraction of sp³-hybridized carbons (Fsp3) is 0.333. The van der Waals surface area contributed by atoms with Gasteiger partial charge in [-0.25, -0.2) is 4.98 Å². The van der Waals surface area contributed by atoms with Crippen LogP contribution in [0.1, 0.15) is 0 Å². The quantitative estimate of drug-likeness (QED) is 0.781. The molecule has 2 aromatic rings. The fourth-order valence-corrected chi connectivity index (χ4v) is 2.03. The zero-order valence-electron chi connectivity index (χ0n) is 9.26. The van der Waals surface area contributed by atoms with Crippen LogP contribution in [-0.2, 0) is 6.54 Å². The molecule has 2 N–H and O–H groups in total. The summed E-state index contributed by atoms with van der Waals surface area (Å²) in [6, 6.07) is 4.64. The van der Waals surface area contributed by atoms with Gasteiger partial charge in [0.2, 0.25) is 0 Å². The van der Waals surface area contributed by atoms with E-state index in [0.29, 0.717) is 23.4 Å². The molecule has 0 bridgehead atoms. The first-order valence-corrected chi connectivity index (χ1v) is 5.63. The average molecular weight is 231 g/mol. The van der Waals surface area contributed by atoms with Crippen molar-refractivity contribution in [1.29, 1.82) is 0 Å². The molecule has 3 rings (SSSR count). The summed E-state index contributed by atoms with van der Waals surface area (Å²) in [7, 11) is 0. The Hall–Kier alpha value is -1.88. The summed E-state index contributed by atoms with van der Waals surface area (Å²) in [5.41, 5.74) is 0.500. The van der Waals surface area contributed by atoms with Crippen molar-refractivity contribution in [2.24, 2.45) is 5.92 Å². The topological polar surface area (TPSA) is 67.1 Å². The Kier molecular flexibility index (Phi) is 2.33. The lowest BCUT2D eigenvalue weighted by molar-refractivity contribution is 0.303. The zero-order valence-corrected chi connectivity index (χ0v) is 9.26. The lowest BCUT2D eigenvalue weighted by atomic mass is 10.0. The van der Waals surface area contributed by atoms with Crippen molar-refractivity contribution >= 4 is 10.9 Å². The lowest BCUT2D eigenvalue weighted by Crippen LogP contribution is -2.45. The number of hydrogen-bond donors (Lipinski definition) is 2. The molecule has 5 nitrogen and oxygen atoms in total. The highest BCUT2D eigenvalue weighted by molar-refractivity contribution is 5.78. The third-order valence-corrected chi connectivity index (χ3v) is 3.13. The van der Waals surface area contributed by atoms with E-state index in [9.17, 15) is 9.90 Å². The molecule has 0 aliphatic carbocycles. The van der Waals surface area contributed by atoms with Crippen LogP contribution in [-0.4, -0.2) is 27.7 Å². The van der Waals surface area contributed by atoms with E-state index in [0.717, 1.165) is 13.1 Å². The number of aromatic hydroxyl groups is 1. The van der Waals surface area contributed by atoms with Gasteiger partial charge in [0.05, 0.1) is 17.2 Å². The van der Waals surface area contributed by atoms with Gasteiger partial charge in [-0.2, -0.15) is 0 Å². The summed E-state index contributed by atoms with van der Waals surface area (Å²) in [4.78, 5) is 16.3. The first kappa shape index (κ1) is 10.3. The van der Waals surface area contributed by atoms with Crippen molar-refractivity contribution < 1.29 is 5.11 Å². The molecule has 0 unspecified atom stereocenters. The maximum Gasteiger partial charge on any atom is 0.261 e. The standard InChI is InChI=1S/C12H13N3O2/c16-9-1-2-10-11(3-9)14-7-15(12(10)17)6-8-4-13-5-8/h1-3,7-8,13,16H,4-6H2. The second-order valence-electron chi connectivity index (χ2n) is 4.43. The molecule has 0 saturated carbocycles. The van der Waals surface area contributed by atoms with Crippen molar-refractivity contribution in [1.82, 2.24) is 14.9 Å². The molecular formula is C12H13N3O2. The van der Waals surface area contributed by atoms with E-state index in [1.165, 1.54) is 12.1 Å². The second kappa shape index (κ2) is 3.85. The highest BCUT2D eigenvalue weighted by Crippen LogP contribution is 2.15. The first-order valence-electron chi connectivity index (χ1n) is 5.63. The Morgan fingerprint density at radius 1 is 1.47 bits per heavy atom. The second-order valence-corrected chi connectivity index (χ2v) is 4.43. The average Bonchev–Trinajstić information content (AvgIpc) is 2.25. The Morgan fingerprint density at radius 3 is 3.00 bits per heavy atom. The molecule has 1 fully saturated rings. The SMILES string of the molecule is O=c1c2ccc(O)cc2ncn1CC1CNC1. The van der Waals surface area contributed by atoms with E-state index >= 15 is 0 Å². The van der Waals surface area contributed by atoms with Gasteiger partial charge in [0.25, 0.3) is 5.56 Å². The summed E-state index contributed by atoms with van der Waals surface area (Å²) in [5.74, 6) is 0.648. The van der Waals surface area contributed by atoms with Crippen molar-refractivity contribution in [3.63, 3.8) is 0 Å². The molecule has 88 valence electrons. The van der Waals surface area contributed by atoms with Crippen molar-refractivity contribution in [3.05, 3.63) is 34.9 Å². The summed E-state index contributed by atoms with van der Waals surface area (Å²) in [6.07, 6.45) is 1.56. The minimum Gasteiger partial charge on any atom is -0.508 e. The number of fused-ring (bicyclic) bond motifs is 1. The largest absolute Gasteiger partial charge is 0.508 e. The lowest BCUT2D eigenvalue weighted by Gasteiger charge is -2.27. The summed E-state index contributed by atoms with van der Waals surface area (Å²) < 4.78 is 1.64. The molecule has 1 aromatic carbocycles. The van der Waals surface area contributed by atoms with Crippen LogP contribution in [0.4, 0.5) is 0 Å². The molecular weight excluding hydrogens is 218 g/mol. The van der Waals surface area contributed by atoms with Gasteiger partial charge in [0, 0.05) is 31.6 Å². The molecule has 1 aliphatic rings. The first-order chi connectivity index (χ1) is 8.24. The van der Waals surface area contributed by atoms with E-state index in [1.807, 2.05) is 0 Å². The van der Waals surface area contributed by atoms with Crippen LogP contribution in [0.2, 0.25) is 0 Å². The summed E-state index contributed by atoms with van der Waals surface area (Å²) in [6.45, 7) is 2.62. The normalized spacial score (nSPS) is 16.0. The van der Waals surface area contributed by atoms with E-state index in [4.69, 9.17) is 0 Å². The van der Waals surface area contributed by atoms with Gasteiger partial charge in [-0.1, -0.05) is 0 Å². The highest BCUT2D eigenvalue weighted by Gasteiger charge is 2.18. The van der Waals surface area contributed by atoms with Crippen LogP contribution < -0.4 is 10.9 Å². The number of rotatable bonds is 2. The van der Waals surface area contributed by atoms with Crippen molar-refractivity contribution in [3.8, 4) is 5.75 Å². The minimum atomic E-state index is -0.0399. The Labute approximate surface area is 97.7 Å². The van der Waals surface area contributed by atoms with Gasteiger partial charge < -0.3 is 10.4 Å². The van der Waals surface area contributed by atoms with Crippen LogP contribution in [0.15, 0.2) is 29.3 Å². The fourth-order valence-electron chi connectivity index (χ4n) is 2.03. The van der Waals surface area contributed by atoms with Crippen LogP contribution in [0, 0.1) is 5.92 Å². The smallest absolute Gasteiger partial charge is 0.261 e. The van der Waals surface area contributed by atoms with Crippen LogP contribution in [0.25, 0.3) is 10.9 Å². The Balaban J connectivity index is 2.05. The third kappa shape index (κ3) is 1.78. The van der Waals surface area contributed by atoms with E-state index in [1.54, 1.807) is 17.0 Å². The molecule has 1 aliphatic heterocycles. The molecule has 1 aromatic heterocycles. The maximum absolute atomic E-state index is 12.1. The number of phenolic OH excluding ortho intramolecular Hbond substituents is 1. The van der Waals surface area contributed by atoms with Crippen molar-refractivity contribution in [2.45, 2.75) is 6.54 Å². The van der Waals surface area contributed by atoms with E-state index in [-0.39, 0.29) is 11.3 Å². The van der Waals surface area contributed by atoms with Crippen molar-refractivity contribution in [2.75, 3.05) is 13.1 Å². The van der Waals surface area contributed by atoms with E-state index in [2.05, 4.69) is 10.3 Å². The van der Waals surface area contributed by atoms with Gasteiger partial charge in [0.1, 0.15) is 5.75 Å². The summed E-state index contributed by atoms with van der Waals surface area (Å²) >= 11 is 0. The molecule has 1 saturated heterocycles. The number of hydrogen-bond acceptors (Lipinski definition) is 4. The van der Waals surface area contributed by atoms with Gasteiger partial charge in [-0.15, -0.1) is 0 Å². The van der Waals surface area contributed by atoms with Crippen LogP contribution >= 0.6 is 0 Å².